The molecule has 0 atom stereocenters. The van der Waals surface area contributed by atoms with E-state index in [1.54, 1.807) is 36.4 Å². The van der Waals surface area contributed by atoms with E-state index in [1.807, 2.05) is 0 Å². The molecule has 5 nitrogen and oxygen atoms in total. The van der Waals surface area contributed by atoms with Crippen LogP contribution >= 0.6 is 0 Å². The number of pyridine rings is 1. The van der Waals surface area contributed by atoms with Gasteiger partial charge in [0.1, 0.15) is 17.2 Å². The number of nitrogens with two attached hydrogens (primary N) is 2. The SMILES string of the molecule is CN.Nc1ccc(Oc2ccnc(C=O)c2)cc1.[HH].[HH]. The van der Waals surface area contributed by atoms with Gasteiger partial charge in [0.05, 0.1) is 0 Å². The molecule has 0 aliphatic rings. The van der Waals surface area contributed by atoms with Crippen LogP contribution in [0.5, 0.6) is 11.5 Å². The van der Waals surface area contributed by atoms with E-state index in [2.05, 4.69) is 10.7 Å². The van der Waals surface area contributed by atoms with Gasteiger partial charge in [-0.2, -0.15) is 0 Å². The molecule has 1 aromatic carbocycles. The van der Waals surface area contributed by atoms with Crippen molar-refractivity contribution in [1.82, 2.24) is 4.98 Å². The first kappa shape index (κ1) is 13.7. The van der Waals surface area contributed by atoms with Crippen molar-refractivity contribution in [2.45, 2.75) is 0 Å². The van der Waals surface area contributed by atoms with Crippen LogP contribution in [0.4, 0.5) is 5.69 Å². The molecule has 1 aromatic heterocycles. The third-order valence-electron chi connectivity index (χ3n) is 1.99. The molecule has 98 valence electrons. The quantitative estimate of drug-likeness (QED) is 0.643. The van der Waals surface area contributed by atoms with Crippen LogP contribution < -0.4 is 16.2 Å². The van der Waals surface area contributed by atoms with Gasteiger partial charge in [0.2, 0.25) is 0 Å². The summed E-state index contributed by atoms with van der Waals surface area (Å²) in [5.74, 6) is 1.24. The molecule has 0 saturated carbocycles. The lowest BCUT2D eigenvalue weighted by Crippen LogP contribution is -1.90. The van der Waals surface area contributed by atoms with Gasteiger partial charge in [-0.25, -0.2) is 0 Å². The summed E-state index contributed by atoms with van der Waals surface area (Å²) in [5.41, 5.74) is 11.1. The van der Waals surface area contributed by atoms with Crippen LogP contribution in [0.15, 0.2) is 42.6 Å². The van der Waals surface area contributed by atoms with Gasteiger partial charge in [0.25, 0.3) is 0 Å². The Morgan fingerprint density at radius 1 is 1.17 bits per heavy atom. The number of hydrogen-bond donors (Lipinski definition) is 2. The summed E-state index contributed by atoms with van der Waals surface area (Å²) in [4.78, 5) is 14.4. The first-order valence-electron chi connectivity index (χ1n) is 5.30. The fraction of sp³-hybridized carbons (Fsp3) is 0.0769. The van der Waals surface area contributed by atoms with E-state index in [9.17, 15) is 4.79 Å². The summed E-state index contributed by atoms with van der Waals surface area (Å²) in [5, 5.41) is 0. The van der Waals surface area contributed by atoms with Gasteiger partial charge in [0, 0.05) is 20.8 Å². The van der Waals surface area contributed by atoms with Crippen LogP contribution in [-0.2, 0) is 0 Å². The molecule has 18 heavy (non-hydrogen) atoms. The molecule has 0 radical (unpaired) electrons. The van der Waals surface area contributed by atoms with Crippen molar-refractivity contribution in [3.8, 4) is 11.5 Å². The molecule has 2 rings (SSSR count). The average Bonchev–Trinajstić information content (AvgIpc) is 2.44. The van der Waals surface area contributed by atoms with Crippen LogP contribution in [0.25, 0.3) is 0 Å². The number of aromatic nitrogens is 1. The van der Waals surface area contributed by atoms with E-state index in [1.165, 1.54) is 13.2 Å². The van der Waals surface area contributed by atoms with Crippen molar-refractivity contribution in [2.24, 2.45) is 5.73 Å². The summed E-state index contributed by atoms with van der Waals surface area (Å²) in [7, 11) is 1.50. The van der Waals surface area contributed by atoms with E-state index in [0.717, 1.165) is 0 Å². The summed E-state index contributed by atoms with van der Waals surface area (Å²) >= 11 is 0. The number of carbonyl (C=O) groups is 1. The number of rotatable bonds is 3. The monoisotopic (exact) mass is 249 g/mol. The van der Waals surface area contributed by atoms with Gasteiger partial charge < -0.3 is 16.2 Å². The number of hydrogen-bond acceptors (Lipinski definition) is 5. The van der Waals surface area contributed by atoms with Crippen molar-refractivity contribution >= 4 is 12.0 Å². The summed E-state index contributed by atoms with van der Waals surface area (Å²) < 4.78 is 5.52. The molecule has 0 bridgehead atoms. The summed E-state index contributed by atoms with van der Waals surface area (Å²) in [6.45, 7) is 0. The van der Waals surface area contributed by atoms with E-state index in [0.29, 0.717) is 29.2 Å². The van der Waals surface area contributed by atoms with Crippen LogP contribution in [-0.4, -0.2) is 18.3 Å². The number of ether oxygens (including phenoxy) is 1. The number of benzene rings is 1. The summed E-state index contributed by atoms with van der Waals surface area (Å²) in [6.07, 6.45) is 2.20. The lowest BCUT2D eigenvalue weighted by Gasteiger charge is -2.05. The largest absolute Gasteiger partial charge is 0.457 e. The zero-order chi connectivity index (χ0) is 13.4. The molecule has 0 unspecified atom stereocenters. The van der Waals surface area contributed by atoms with Crippen molar-refractivity contribution in [3.05, 3.63) is 48.3 Å². The number of nitrogen functional groups attached to an aromatic ring is 1. The highest BCUT2D eigenvalue weighted by atomic mass is 16.5. The highest BCUT2D eigenvalue weighted by Crippen LogP contribution is 2.21. The maximum atomic E-state index is 10.5. The highest BCUT2D eigenvalue weighted by molar-refractivity contribution is 5.72. The molecular formula is C13H19N3O2. The van der Waals surface area contributed by atoms with Crippen molar-refractivity contribution in [2.75, 3.05) is 12.8 Å². The molecule has 4 N–H and O–H groups in total. The standard InChI is InChI=1S/C12H10N2O2.CH5N.2H2/c13-9-1-3-11(4-2-9)16-12-5-6-14-10(7-12)8-15;1-2;;/h1-8H,13H2;2H2,1H3;2*1H. The van der Waals surface area contributed by atoms with Gasteiger partial charge in [-0.3, -0.25) is 9.78 Å². The van der Waals surface area contributed by atoms with Crippen molar-refractivity contribution in [1.29, 1.82) is 0 Å². The predicted octanol–water partition coefficient (Wildman–Crippen LogP) is 2.34. The number of nitrogens with zero attached hydrogens (tertiary/aromatic N) is 1. The van der Waals surface area contributed by atoms with Gasteiger partial charge in [-0.15, -0.1) is 0 Å². The Hall–Kier alpha value is -2.40. The molecule has 0 aliphatic heterocycles. The lowest BCUT2D eigenvalue weighted by molar-refractivity contribution is 0.111. The van der Waals surface area contributed by atoms with Crippen molar-refractivity contribution < 1.29 is 12.4 Å². The molecule has 5 heteroatoms. The second-order valence-corrected chi connectivity index (χ2v) is 3.21. The Balaban J connectivity index is 0. The molecule has 0 spiro atoms. The van der Waals surface area contributed by atoms with E-state index >= 15 is 0 Å². The maximum absolute atomic E-state index is 10.5. The Kier molecular flexibility index (Phi) is 5.34. The molecule has 1 heterocycles. The van der Waals surface area contributed by atoms with Crippen molar-refractivity contribution in [3.63, 3.8) is 0 Å². The normalized spacial score (nSPS) is 9.00. The molecule has 0 saturated heterocycles. The van der Waals surface area contributed by atoms with Gasteiger partial charge in [0.15, 0.2) is 6.29 Å². The van der Waals surface area contributed by atoms with Gasteiger partial charge in [-0.1, -0.05) is 0 Å². The first-order valence-corrected chi connectivity index (χ1v) is 5.30. The molecular weight excluding hydrogens is 230 g/mol. The zero-order valence-corrected chi connectivity index (χ0v) is 10.0. The minimum atomic E-state index is 0. The van der Waals surface area contributed by atoms with E-state index in [-0.39, 0.29) is 2.85 Å². The lowest BCUT2D eigenvalue weighted by atomic mass is 10.3. The fourth-order valence-electron chi connectivity index (χ4n) is 1.23. The third-order valence-corrected chi connectivity index (χ3v) is 1.99. The molecule has 0 fully saturated rings. The minimum Gasteiger partial charge on any atom is -0.457 e. The second-order valence-electron chi connectivity index (χ2n) is 3.21. The van der Waals surface area contributed by atoms with E-state index < -0.39 is 0 Å². The number of anilines is 1. The Morgan fingerprint density at radius 3 is 2.44 bits per heavy atom. The number of carbonyl (C=O) groups excluding carboxylic acids is 1. The number of aldehydes is 1. The maximum Gasteiger partial charge on any atom is 0.168 e. The molecule has 2 aromatic rings. The predicted molar refractivity (Wildman–Crippen MR) is 74.9 cm³/mol. The van der Waals surface area contributed by atoms with Crippen LogP contribution in [0.1, 0.15) is 13.3 Å². The highest BCUT2D eigenvalue weighted by Gasteiger charge is 1.99. The second kappa shape index (κ2) is 7.03. The molecule has 0 aliphatic carbocycles. The Labute approximate surface area is 108 Å². The van der Waals surface area contributed by atoms with Crippen LogP contribution in [0.2, 0.25) is 0 Å². The smallest absolute Gasteiger partial charge is 0.168 e. The van der Waals surface area contributed by atoms with Gasteiger partial charge >= 0.3 is 0 Å². The van der Waals surface area contributed by atoms with Gasteiger partial charge in [-0.05, 0) is 37.4 Å². The Morgan fingerprint density at radius 2 is 1.83 bits per heavy atom. The molecule has 0 amide bonds. The zero-order valence-electron chi connectivity index (χ0n) is 10.0. The van der Waals surface area contributed by atoms with E-state index in [4.69, 9.17) is 10.5 Å². The van der Waals surface area contributed by atoms with Crippen LogP contribution in [0, 0.1) is 0 Å². The Bertz CT molecular complexity index is 507. The fourth-order valence-corrected chi connectivity index (χ4v) is 1.23. The topological polar surface area (TPSA) is 91.2 Å². The average molecular weight is 249 g/mol. The van der Waals surface area contributed by atoms with Crippen LogP contribution in [0.3, 0.4) is 0 Å². The summed E-state index contributed by atoms with van der Waals surface area (Å²) in [6, 6.07) is 10.3. The first-order chi connectivity index (χ1) is 8.78. The minimum absolute atomic E-state index is 0. The third kappa shape index (κ3) is 3.88.